The summed E-state index contributed by atoms with van der Waals surface area (Å²) < 4.78 is 6.05. The average molecular weight is 461 g/mol. The van der Waals surface area contributed by atoms with E-state index >= 15 is 0 Å². The summed E-state index contributed by atoms with van der Waals surface area (Å²) in [5.74, 6) is 1.38. The summed E-state index contributed by atoms with van der Waals surface area (Å²) in [6, 6.07) is 12.9. The number of anilines is 1. The molecule has 1 aliphatic carbocycles. The summed E-state index contributed by atoms with van der Waals surface area (Å²) in [7, 11) is 0. The zero-order chi connectivity index (χ0) is 23.3. The monoisotopic (exact) mass is 460 g/mol. The molecule has 0 radical (unpaired) electrons. The summed E-state index contributed by atoms with van der Waals surface area (Å²) in [6.07, 6.45) is 5.98. The molecule has 2 aromatic carbocycles. The standard InChI is InChI=1S/C28H29ClN2O2/c1-16(2)31-10-9-20-11-19(6-8-27(20)31)24-15-26-21(12-25(24)29)13-28(30-26)33-22-7-5-17(3)23(14-22)18(4)32/h5-8,11-12,14-16,24-25H,9-10,13H2,1-4H3. The van der Waals surface area contributed by atoms with Gasteiger partial charge < -0.3 is 9.64 Å². The van der Waals surface area contributed by atoms with Crippen molar-refractivity contribution < 1.29 is 9.53 Å². The molecule has 0 bridgehead atoms. The van der Waals surface area contributed by atoms with E-state index in [1.165, 1.54) is 16.8 Å². The van der Waals surface area contributed by atoms with Crippen LogP contribution < -0.4 is 9.64 Å². The molecule has 0 N–H and O–H groups in total. The fourth-order valence-corrected chi connectivity index (χ4v) is 5.43. The van der Waals surface area contributed by atoms with E-state index in [9.17, 15) is 4.79 Å². The third-order valence-corrected chi connectivity index (χ3v) is 7.22. The molecular formula is C28H29ClN2O2. The van der Waals surface area contributed by atoms with Crippen LogP contribution in [0, 0.1) is 6.92 Å². The maximum Gasteiger partial charge on any atom is 0.199 e. The zero-order valence-electron chi connectivity index (χ0n) is 19.6. The van der Waals surface area contributed by atoms with Crippen LogP contribution in [0.5, 0.6) is 5.75 Å². The molecule has 0 fully saturated rings. The van der Waals surface area contributed by atoms with Crippen LogP contribution in [0.2, 0.25) is 0 Å². The normalized spacial score (nSPS) is 21.4. The van der Waals surface area contributed by atoms with Crippen molar-refractivity contribution in [1.82, 2.24) is 0 Å². The van der Waals surface area contributed by atoms with E-state index in [1.807, 2.05) is 19.1 Å². The molecule has 0 amide bonds. The van der Waals surface area contributed by atoms with Gasteiger partial charge in [-0.1, -0.05) is 24.3 Å². The number of fused-ring (bicyclic) bond motifs is 2. The van der Waals surface area contributed by atoms with E-state index in [0.29, 0.717) is 29.7 Å². The van der Waals surface area contributed by atoms with Crippen molar-refractivity contribution in [3.05, 3.63) is 82.1 Å². The number of allylic oxidation sites excluding steroid dienone is 3. The minimum absolute atomic E-state index is 0.0316. The van der Waals surface area contributed by atoms with E-state index in [0.717, 1.165) is 29.8 Å². The quantitative estimate of drug-likeness (QED) is 0.393. The topological polar surface area (TPSA) is 41.9 Å². The predicted molar refractivity (Wildman–Crippen MR) is 135 cm³/mol. The van der Waals surface area contributed by atoms with Crippen molar-refractivity contribution in [3.63, 3.8) is 0 Å². The molecule has 33 heavy (non-hydrogen) atoms. The van der Waals surface area contributed by atoms with Crippen molar-refractivity contribution in [3.8, 4) is 5.75 Å². The molecular weight excluding hydrogens is 432 g/mol. The smallest absolute Gasteiger partial charge is 0.199 e. The van der Waals surface area contributed by atoms with Gasteiger partial charge in [0, 0.05) is 29.8 Å². The number of hydrogen-bond donors (Lipinski definition) is 0. The van der Waals surface area contributed by atoms with Gasteiger partial charge in [0.05, 0.1) is 17.5 Å². The van der Waals surface area contributed by atoms with Gasteiger partial charge in [0.1, 0.15) is 5.75 Å². The van der Waals surface area contributed by atoms with Crippen LogP contribution in [0.3, 0.4) is 0 Å². The van der Waals surface area contributed by atoms with Gasteiger partial charge in [0.2, 0.25) is 0 Å². The molecule has 2 aromatic rings. The Labute approximate surface area is 200 Å². The highest BCUT2D eigenvalue weighted by atomic mass is 35.5. The van der Waals surface area contributed by atoms with Crippen molar-refractivity contribution in [2.75, 3.05) is 11.4 Å². The molecule has 5 heteroatoms. The Morgan fingerprint density at radius 3 is 2.76 bits per heavy atom. The predicted octanol–water partition coefficient (Wildman–Crippen LogP) is 6.36. The Kier molecular flexibility index (Phi) is 5.65. The number of Topliss-reactive ketones (excluding diaryl/α,β-unsaturated/α-hetero) is 1. The lowest BCUT2D eigenvalue weighted by Crippen LogP contribution is -2.28. The third kappa shape index (κ3) is 4.13. The summed E-state index contributed by atoms with van der Waals surface area (Å²) in [5, 5.41) is -0.123. The van der Waals surface area contributed by atoms with Gasteiger partial charge in [-0.3, -0.25) is 4.79 Å². The maximum atomic E-state index is 11.9. The van der Waals surface area contributed by atoms with E-state index < -0.39 is 0 Å². The molecule has 5 rings (SSSR count). The van der Waals surface area contributed by atoms with Crippen LogP contribution in [-0.4, -0.2) is 29.6 Å². The van der Waals surface area contributed by atoms with Crippen LogP contribution in [0.25, 0.3) is 0 Å². The van der Waals surface area contributed by atoms with E-state index in [2.05, 4.69) is 49.1 Å². The molecule has 3 aliphatic rings. The van der Waals surface area contributed by atoms with E-state index in [4.69, 9.17) is 21.3 Å². The van der Waals surface area contributed by atoms with Crippen molar-refractivity contribution in [1.29, 1.82) is 0 Å². The number of hydrogen-bond acceptors (Lipinski definition) is 4. The Balaban J connectivity index is 1.38. The van der Waals surface area contributed by atoms with E-state index in [-0.39, 0.29) is 17.1 Å². The number of ketones is 1. The second-order valence-electron chi connectivity index (χ2n) is 9.46. The number of rotatable bonds is 4. The number of carbonyl (C=O) groups excluding carboxylic acids is 1. The van der Waals surface area contributed by atoms with Gasteiger partial charge in [-0.15, -0.1) is 11.6 Å². The van der Waals surface area contributed by atoms with Crippen LogP contribution in [0.15, 0.2) is 64.8 Å². The van der Waals surface area contributed by atoms with Crippen LogP contribution in [-0.2, 0) is 6.42 Å². The van der Waals surface area contributed by atoms with Gasteiger partial charge in [-0.2, -0.15) is 0 Å². The average Bonchev–Trinajstić information content (AvgIpc) is 3.37. The SMILES string of the molecule is CC(=O)c1cc(OC2=NC3=CC(c4ccc5c(c4)CCN5C(C)C)C(Cl)C=C3C2)ccc1C. The first-order valence-corrected chi connectivity index (χ1v) is 12.1. The lowest BCUT2D eigenvalue weighted by atomic mass is 9.87. The molecule has 4 nitrogen and oxygen atoms in total. The highest BCUT2D eigenvalue weighted by Gasteiger charge is 2.31. The fourth-order valence-electron chi connectivity index (χ4n) is 5.06. The highest BCUT2D eigenvalue weighted by Crippen LogP contribution is 2.41. The zero-order valence-corrected chi connectivity index (χ0v) is 20.3. The molecule has 0 saturated carbocycles. The number of aryl methyl sites for hydroxylation is 1. The largest absolute Gasteiger partial charge is 0.443 e. The maximum absolute atomic E-state index is 11.9. The van der Waals surface area contributed by atoms with Crippen molar-refractivity contribution in [2.45, 2.75) is 57.9 Å². The molecule has 2 heterocycles. The Hall–Kier alpha value is -2.85. The fraction of sp³-hybridized carbons (Fsp3) is 0.357. The number of ether oxygens (including phenoxy) is 1. The molecule has 2 unspecified atom stereocenters. The number of nitrogens with zero attached hydrogens (tertiary/aromatic N) is 2. The number of benzene rings is 2. The van der Waals surface area contributed by atoms with Gasteiger partial charge in [0.15, 0.2) is 11.7 Å². The van der Waals surface area contributed by atoms with Gasteiger partial charge >= 0.3 is 0 Å². The van der Waals surface area contributed by atoms with Crippen LogP contribution in [0.4, 0.5) is 5.69 Å². The summed E-state index contributed by atoms with van der Waals surface area (Å²) in [6.45, 7) is 9.06. The lowest BCUT2D eigenvalue weighted by molar-refractivity contribution is 0.101. The number of alkyl halides is 1. The molecule has 0 spiro atoms. The van der Waals surface area contributed by atoms with Gasteiger partial charge in [-0.25, -0.2) is 4.99 Å². The van der Waals surface area contributed by atoms with Crippen LogP contribution in [0.1, 0.15) is 60.2 Å². The van der Waals surface area contributed by atoms with Crippen molar-refractivity contribution >= 4 is 29.0 Å². The van der Waals surface area contributed by atoms with Crippen molar-refractivity contribution in [2.24, 2.45) is 4.99 Å². The molecule has 2 atom stereocenters. The van der Waals surface area contributed by atoms with Crippen LogP contribution >= 0.6 is 11.6 Å². The molecule has 2 aliphatic heterocycles. The molecule has 0 aromatic heterocycles. The first-order valence-electron chi connectivity index (χ1n) is 11.6. The second-order valence-corrected chi connectivity index (χ2v) is 9.96. The number of aliphatic imine (C=N–C) groups is 1. The third-order valence-electron chi connectivity index (χ3n) is 6.82. The lowest BCUT2D eigenvalue weighted by Gasteiger charge is -2.25. The highest BCUT2D eigenvalue weighted by molar-refractivity contribution is 6.22. The minimum Gasteiger partial charge on any atom is -0.443 e. The van der Waals surface area contributed by atoms with Gasteiger partial charge in [0.25, 0.3) is 0 Å². The minimum atomic E-state index is -0.123. The Morgan fingerprint density at radius 1 is 1.18 bits per heavy atom. The Bertz CT molecular complexity index is 1220. The summed E-state index contributed by atoms with van der Waals surface area (Å²) >= 11 is 6.83. The first-order chi connectivity index (χ1) is 15.8. The first kappa shape index (κ1) is 22.0. The van der Waals surface area contributed by atoms with Gasteiger partial charge in [-0.05, 0) is 80.7 Å². The number of halogens is 1. The Morgan fingerprint density at radius 2 is 2.00 bits per heavy atom. The van der Waals surface area contributed by atoms with E-state index in [1.54, 1.807) is 13.0 Å². The summed E-state index contributed by atoms with van der Waals surface area (Å²) in [4.78, 5) is 19.1. The molecule has 170 valence electrons. The summed E-state index contributed by atoms with van der Waals surface area (Å²) in [5.41, 5.74) is 7.64. The molecule has 0 saturated heterocycles. The second kappa shape index (κ2) is 8.49. The number of carbonyl (C=O) groups is 1.